The molecule has 3 N–H and O–H groups in total. The maximum atomic E-state index is 11.8. The number of halogens is 1. The Balaban J connectivity index is 1.72. The SMILES string of the molecule is COC(=O)c1ccc(C2NC(c3ccc(C)cc3)=CC(c3cc(Cl)ccc3O)N2)cc1. The predicted octanol–water partition coefficient (Wildman–Crippen LogP) is 5.11. The molecule has 5 nitrogen and oxygen atoms in total. The first kappa shape index (κ1) is 21.0. The van der Waals surface area contributed by atoms with E-state index < -0.39 is 0 Å². The first-order chi connectivity index (χ1) is 14.9. The lowest BCUT2D eigenvalue weighted by molar-refractivity contribution is 0.0600. The van der Waals surface area contributed by atoms with E-state index in [1.54, 1.807) is 30.3 Å². The topological polar surface area (TPSA) is 70.6 Å². The highest BCUT2D eigenvalue weighted by atomic mass is 35.5. The van der Waals surface area contributed by atoms with Crippen LogP contribution in [-0.2, 0) is 4.74 Å². The zero-order valence-corrected chi connectivity index (χ0v) is 18.0. The quantitative estimate of drug-likeness (QED) is 0.497. The van der Waals surface area contributed by atoms with Crippen LogP contribution in [0, 0.1) is 6.92 Å². The Bertz CT molecular complexity index is 1120. The lowest BCUT2D eigenvalue weighted by Gasteiger charge is -2.33. The summed E-state index contributed by atoms with van der Waals surface area (Å²) < 4.78 is 4.79. The van der Waals surface area contributed by atoms with E-state index in [0.717, 1.165) is 16.8 Å². The fraction of sp³-hybridized carbons (Fsp3) is 0.160. The van der Waals surface area contributed by atoms with Gasteiger partial charge >= 0.3 is 5.97 Å². The molecule has 6 heteroatoms. The number of phenols is 1. The molecule has 0 saturated heterocycles. The van der Waals surface area contributed by atoms with Crippen LogP contribution in [0.4, 0.5) is 0 Å². The zero-order valence-electron chi connectivity index (χ0n) is 17.2. The van der Waals surface area contributed by atoms with Gasteiger partial charge in [0.15, 0.2) is 0 Å². The summed E-state index contributed by atoms with van der Waals surface area (Å²) >= 11 is 6.20. The van der Waals surface area contributed by atoms with E-state index >= 15 is 0 Å². The minimum absolute atomic E-state index is 0.170. The third-order valence-electron chi connectivity index (χ3n) is 5.33. The van der Waals surface area contributed by atoms with Crippen LogP contribution in [-0.4, -0.2) is 18.2 Å². The van der Waals surface area contributed by atoms with Gasteiger partial charge in [-0.1, -0.05) is 53.6 Å². The number of rotatable bonds is 4. The Morgan fingerprint density at radius 3 is 2.42 bits per heavy atom. The standard InChI is InChI=1S/C25H23ClN2O3/c1-15-3-5-16(6-4-15)21-14-22(20-13-19(26)11-12-23(20)29)28-24(27-21)17-7-9-18(10-8-17)25(30)31-2/h3-14,22,24,27-29H,1-2H3. The van der Waals surface area contributed by atoms with Crippen molar-refractivity contribution in [1.29, 1.82) is 0 Å². The summed E-state index contributed by atoms with van der Waals surface area (Å²) in [6.45, 7) is 2.05. The second kappa shape index (κ2) is 8.84. The molecule has 2 atom stereocenters. The van der Waals surface area contributed by atoms with Gasteiger partial charge in [-0.05, 0) is 54.5 Å². The van der Waals surface area contributed by atoms with Gasteiger partial charge in [0, 0.05) is 16.3 Å². The zero-order chi connectivity index (χ0) is 22.0. The van der Waals surface area contributed by atoms with Crippen molar-refractivity contribution in [2.75, 3.05) is 7.11 Å². The molecule has 0 radical (unpaired) electrons. The monoisotopic (exact) mass is 434 g/mol. The first-order valence-electron chi connectivity index (χ1n) is 9.93. The number of phenolic OH excluding ortho intramolecular Hbond substituents is 1. The number of esters is 1. The highest BCUT2D eigenvalue weighted by molar-refractivity contribution is 6.30. The Hall–Kier alpha value is -3.28. The Kier molecular flexibility index (Phi) is 5.98. The fourth-order valence-corrected chi connectivity index (χ4v) is 3.80. The van der Waals surface area contributed by atoms with E-state index in [1.807, 2.05) is 25.1 Å². The highest BCUT2D eigenvalue weighted by Crippen LogP contribution is 2.34. The molecular weight excluding hydrogens is 412 g/mol. The number of nitrogens with one attached hydrogen (secondary N) is 2. The maximum absolute atomic E-state index is 11.8. The number of benzene rings is 3. The van der Waals surface area contributed by atoms with Crippen molar-refractivity contribution in [3.05, 3.63) is 106 Å². The summed E-state index contributed by atoms with van der Waals surface area (Å²) in [7, 11) is 1.36. The third-order valence-corrected chi connectivity index (χ3v) is 5.57. The van der Waals surface area contributed by atoms with Gasteiger partial charge in [-0.25, -0.2) is 4.79 Å². The molecular formula is C25H23ClN2O3. The van der Waals surface area contributed by atoms with Gasteiger partial charge in [-0.2, -0.15) is 0 Å². The molecule has 0 aromatic heterocycles. The predicted molar refractivity (Wildman–Crippen MR) is 122 cm³/mol. The van der Waals surface area contributed by atoms with E-state index in [-0.39, 0.29) is 23.9 Å². The van der Waals surface area contributed by atoms with Crippen molar-refractivity contribution in [2.24, 2.45) is 0 Å². The van der Waals surface area contributed by atoms with Crippen LogP contribution >= 0.6 is 11.6 Å². The normalized spacial score (nSPS) is 18.1. The van der Waals surface area contributed by atoms with Crippen LogP contribution in [0.25, 0.3) is 5.70 Å². The van der Waals surface area contributed by atoms with Crippen LogP contribution in [0.15, 0.2) is 72.8 Å². The summed E-state index contributed by atoms with van der Waals surface area (Å²) in [5.41, 5.74) is 5.27. The van der Waals surface area contributed by atoms with Crippen molar-refractivity contribution in [3.8, 4) is 5.75 Å². The number of carbonyl (C=O) groups is 1. The van der Waals surface area contributed by atoms with Crippen LogP contribution in [0.1, 0.15) is 44.8 Å². The van der Waals surface area contributed by atoms with Gasteiger partial charge in [-0.15, -0.1) is 0 Å². The van der Waals surface area contributed by atoms with Crippen molar-refractivity contribution in [2.45, 2.75) is 19.1 Å². The summed E-state index contributed by atoms with van der Waals surface area (Å²) in [4.78, 5) is 11.8. The highest BCUT2D eigenvalue weighted by Gasteiger charge is 2.26. The molecule has 0 bridgehead atoms. The lowest BCUT2D eigenvalue weighted by Crippen LogP contribution is -2.39. The fourth-order valence-electron chi connectivity index (χ4n) is 3.62. The molecule has 3 aromatic carbocycles. The number of aromatic hydroxyl groups is 1. The molecule has 1 aliphatic heterocycles. The summed E-state index contributed by atoms with van der Waals surface area (Å²) in [5, 5.41) is 18.0. The molecule has 0 amide bonds. The molecule has 1 heterocycles. The van der Waals surface area contributed by atoms with Gasteiger partial charge in [0.05, 0.1) is 18.7 Å². The number of hydrogen-bond acceptors (Lipinski definition) is 5. The minimum Gasteiger partial charge on any atom is -0.508 e. The summed E-state index contributed by atoms with van der Waals surface area (Å²) in [6, 6.07) is 20.2. The van der Waals surface area contributed by atoms with E-state index in [4.69, 9.17) is 16.3 Å². The van der Waals surface area contributed by atoms with Crippen molar-refractivity contribution in [1.82, 2.24) is 10.6 Å². The number of methoxy groups -OCH3 is 1. The molecule has 158 valence electrons. The molecule has 31 heavy (non-hydrogen) atoms. The molecule has 4 rings (SSSR count). The van der Waals surface area contributed by atoms with Crippen LogP contribution in [0.5, 0.6) is 5.75 Å². The number of ether oxygens (including phenoxy) is 1. The Morgan fingerprint density at radius 2 is 1.74 bits per heavy atom. The number of aryl methyl sites for hydroxylation is 1. The second-order valence-electron chi connectivity index (χ2n) is 7.48. The summed E-state index contributed by atoms with van der Waals surface area (Å²) in [6.07, 6.45) is 1.78. The van der Waals surface area contributed by atoms with Crippen molar-refractivity contribution < 1.29 is 14.6 Å². The second-order valence-corrected chi connectivity index (χ2v) is 7.92. The van der Waals surface area contributed by atoms with Crippen LogP contribution in [0.2, 0.25) is 5.02 Å². The minimum atomic E-state index is -0.377. The first-order valence-corrected chi connectivity index (χ1v) is 10.3. The Labute approximate surface area is 186 Å². The Morgan fingerprint density at radius 1 is 1.03 bits per heavy atom. The van der Waals surface area contributed by atoms with E-state index in [9.17, 15) is 9.90 Å². The van der Waals surface area contributed by atoms with Gasteiger partial charge in [0.25, 0.3) is 0 Å². The van der Waals surface area contributed by atoms with E-state index in [2.05, 4.69) is 34.9 Å². The molecule has 0 saturated carbocycles. The van der Waals surface area contributed by atoms with E-state index in [0.29, 0.717) is 16.1 Å². The molecule has 0 spiro atoms. The molecule has 3 aromatic rings. The largest absolute Gasteiger partial charge is 0.508 e. The summed E-state index contributed by atoms with van der Waals surface area (Å²) in [5.74, 6) is -0.207. The average Bonchev–Trinajstić information content (AvgIpc) is 2.80. The van der Waals surface area contributed by atoms with Gasteiger partial charge in [0.1, 0.15) is 11.9 Å². The van der Waals surface area contributed by atoms with Gasteiger partial charge in [0.2, 0.25) is 0 Å². The van der Waals surface area contributed by atoms with E-state index in [1.165, 1.54) is 12.7 Å². The van der Waals surface area contributed by atoms with Crippen LogP contribution < -0.4 is 10.6 Å². The third kappa shape index (κ3) is 4.58. The lowest BCUT2D eigenvalue weighted by atomic mass is 9.97. The van der Waals surface area contributed by atoms with Crippen molar-refractivity contribution >= 4 is 23.3 Å². The molecule has 0 fully saturated rings. The van der Waals surface area contributed by atoms with Gasteiger partial charge < -0.3 is 15.2 Å². The maximum Gasteiger partial charge on any atom is 0.337 e. The number of carbonyl (C=O) groups excluding carboxylic acids is 1. The van der Waals surface area contributed by atoms with Crippen molar-refractivity contribution in [3.63, 3.8) is 0 Å². The average molecular weight is 435 g/mol. The molecule has 2 unspecified atom stereocenters. The molecule has 1 aliphatic rings. The molecule has 0 aliphatic carbocycles. The van der Waals surface area contributed by atoms with Crippen LogP contribution in [0.3, 0.4) is 0 Å². The van der Waals surface area contributed by atoms with Gasteiger partial charge in [-0.3, -0.25) is 5.32 Å². The smallest absolute Gasteiger partial charge is 0.337 e. The number of hydrogen-bond donors (Lipinski definition) is 3.